The normalized spacial score (nSPS) is 12.8. The number of aryl methyl sites for hydroxylation is 3. The van der Waals surface area contributed by atoms with Crippen molar-refractivity contribution in [2.75, 3.05) is 4.90 Å². The third kappa shape index (κ3) is 6.59. The zero-order valence-electron chi connectivity index (χ0n) is 40.2. The third-order valence-corrected chi connectivity index (χ3v) is 20.1. The smallest absolute Gasteiger partial charge is 0.180 e. The second-order valence-corrected chi connectivity index (χ2v) is 23.1. The Labute approximate surface area is 416 Å². The Morgan fingerprint density at radius 3 is 1.41 bits per heavy atom. The predicted molar refractivity (Wildman–Crippen MR) is 310 cm³/mol. The first-order valence-corrected chi connectivity index (χ1v) is 26.8. The second kappa shape index (κ2) is 16.8. The number of allylic oxidation sites excluding steroid dienone is 2. The molecule has 12 aromatic carbocycles. The SMILES string of the molecule is C=C/C=C\c1cc2c3ccccc3c3cc4c(cc3c2cc1C)-c1ccc(-c2c3ccccc3c(N(c3ccc(C)cc3)c3ccc(C)cc3)c3ccccc23)cc1[Si]4(c1ccccc1)c1ccccc1. The summed E-state index contributed by atoms with van der Waals surface area (Å²) in [5.74, 6) is 0. The quantitative estimate of drug-likeness (QED) is 0.0635. The van der Waals surface area contributed by atoms with Gasteiger partial charge in [0.05, 0.1) is 5.69 Å². The van der Waals surface area contributed by atoms with Crippen LogP contribution in [0.3, 0.4) is 0 Å². The van der Waals surface area contributed by atoms with Gasteiger partial charge in [0, 0.05) is 22.1 Å². The summed E-state index contributed by atoms with van der Waals surface area (Å²) in [5.41, 5.74) is 13.5. The fourth-order valence-electron chi connectivity index (χ4n) is 12.1. The highest BCUT2D eigenvalue weighted by Crippen LogP contribution is 2.49. The lowest BCUT2D eigenvalue weighted by molar-refractivity contribution is 1.29. The Hall–Kier alpha value is -8.56. The van der Waals surface area contributed by atoms with Crippen molar-refractivity contribution >= 4 is 106 Å². The Balaban J connectivity index is 1.13. The van der Waals surface area contributed by atoms with Crippen molar-refractivity contribution in [2.45, 2.75) is 20.8 Å². The first-order valence-electron chi connectivity index (χ1n) is 24.8. The summed E-state index contributed by atoms with van der Waals surface area (Å²) in [5, 5.41) is 18.2. The predicted octanol–water partition coefficient (Wildman–Crippen LogP) is 16.1. The highest BCUT2D eigenvalue weighted by atomic mass is 28.3. The molecular formula is C69H51NSi. The molecule has 0 radical (unpaired) electrons. The molecule has 71 heavy (non-hydrogen) atoms. The number of hydrogen-bond acceptors (Lipinski definition) is 1. The standard InChI is InChI=1S/C69H51NSi/c1-5-6-19-48-41-62-54-24-13-14-25-55(54)64-44-67-65(43-63(64)61(62)40-47(48)4)56-39-34-49(42-66(56)71(67,52-20-9-7-10-21-52)53-22-11-8-12-23-53)68-57-26-15-17-28-59(57)69(60-29-18-16-27-58(60)68)70(50-35-30-45(2)31-36-50)51-37-32-46(3)33-38-51/h5-44H,1H2,2-4H3/b19-6-. The maximum atomic E-state index is 3.96. The molecule has 1 heterocycles. The summed E-state index contributed by atoms with van der Waals surface area (Å²) in [7, 11) is -2.99. The second-order valence-electron chi connectivity index (χ2n) is 19.4. The summed E-state index contributed by atoms with van der Waals surface area (Å²) in [4.78, 5) is 2.47. The van der Waals surface area contributed by atoms with E-state index < -0.39 is 8.07 Å². The minimum atomic E-state index is -2.99. The molecular weight excluding hydrogens is 871 g/mol. The number of anilines is 3. The van der Waals surface area contributed by atoms with Gasteiger partial charge in [-0.3, -0.25) is 0 Å². The van der Waals surface area contributed by atoms with E-state index in [1.807, 2.05) is 12.2 Å². The van der Waals surface area contributed by atoms with Gasteiger partial charge in [-0.2, -0.15) is 0 Å². The summed E-state index contributed by atoms with van der Waals surface area (Å²) >= 11 is 0. The third-order valence-electron chi connectivity index (χ3n) is 15.3. The van der Waals surface area contributed by atoms with Gasteiger partial charge in [0.25, 0.3) is 0 Å². The van der Waals surface area contributed by atoms with E-state index in [-0.39, 0.29) is 0 Å². The molecule has 336 valence electrons. The van der Waals surface area contributed by atoms with Crippen LogP contribution in [0.15, 0.2) is 243 Å². The molecule has 13 rings (SSSR count). The van der Waals surface area contributed by atoms with Crippen LogP contribution in [0.2, 0.25) is 0 Å². The van der Waals surface area contributed by atoms with Gasteiger partial charge >= 0.3 is 0 Å². The van der Waals surface area contributed by atoms with Gasteiger partial charge in [0.1, 0.15) is 0 Å². The molecule has 0 atom stereocenters. The molecule has 1 aliphatic heterocycles. The van der Waals surface area contributed by atoms with E-state index in [1.165, 1.54) is 125 Å². The molecule has 12 aromatic rings. The highest BCUT2D eigenvalue weighted by molar-refractivity contribution is 7.22. The van der Waals surface area contributed by atoms with Gasteiger partial charge in [0.2, 0.25) is 0 Å². The Morgan fingerprint density at radius 1 is 0.394 bits per heavy atom. The average molecular weight is 922 g/mol. The topological polar surface area (TPSA) is 3.24 Å². The van der Waals surface area contributed by atoms with Crippen LogP contribution in [-0.4, -0.2) is 8.07 Å². The van der Waals surface area contributed by atoms with Crippen molar-refractivity contribution in [1.82, 2.24) is 0 Å². The molecule has 0 aromatic heterocycles. The van der Waals surface area contributed by atoms with Gasteiger partial charge in [-0.1, -0.05) is 224 Å². The lowest BCUT2D eigenvalue weighted by Crippen LogP contribution is -2.72. The number of nitrogens with zero attached hydrogens (tertiary/aromatic N) is 1. The molecule has 0 saturated carbocycles. The van der Waals surface area contributed by atoms with Gasteiger partial charge in [-0.25, -0.2) is 0 Å². The van der Waals surface area contributed by atoms with Crippen molar-refractivity contribution in [1.29, 1.82) is 0 Å². The summed E-state index contributed by atoms with van der Waals surface area (Å²) in [6, 6.07) is 85.5. The van der Waals surface area contributed by atoms with Crippen LogP contribution in [0.25, 0.3) is 82.2 Å². The van der Waals surface area contributed by atoms with Crippen molar-refractivity contribution in [3.8, 4) is 22.3 Å². The molecule has 0 fully saturated rings. The minimum absolute atomic E-state index is 1.13. The zero-order chi connectivity index (χ0) is 47.8. The summed E-state index contributed by atoms with van der Waals surface area (Å²) < 4.78 is 0. The van der Waals surface area contributed by atoms with Gasteiger partial charge in [0.15, 0.2) is 8.07 Å². The maximum Gasteiger partial charge on any atom is 0.180 e. The molecule has 0 unspecified atom stereocenters. The van der Waals surface area contributed by atoms with Crippen molar-refractivity contribution in [3.63, 3.8) is 0 Å². The molecule has 1 aliphatic rings. The first kappa shape index (κ1) is 42.5. The van der Waals surface area contributed by atoms with E-state index in [0.29, 0.717) is 0 Å². The molecule has 0 aliphatic carbocycles. The summed E-state index contributed by atoms with van der Waals surface area (Å²) in [6.07, 6.45) is 6.08. The monoisotopic (exact) mass is 921 g/mol. The Kier molecular flexibility index (Phi) is 10.1. The Bertz CT molecular complexity index is 3990. The van der Waals surface area contributed by atoms with E-state index in [1.54, 1.807) is 0 Å². The number of rotatable bonds is 8. The van der Waals surface area contributed by atoms with Gasteiger partial charge in [-0.15, -0.1) is 0 Å². The molecule has 1 nitrogen and oxygen atoms in total. The fourth-order valence-corrected chi connectivity index (χ4v) is 17.3. The molecule has 2 heteroatoms. The molecule has 0 amide bonds. The lowest BCUT2D eigenvalue weighted by atomic mass is 9.88. The Morgan fingerprint density at radius 2 is 0.859 bits per heavy atom. The van der Waals surface area contributed by atoms with Crippen LogP contribution in [0, 0.1) is 20.8 Å². The fraction of sp³-hybridized carbons (Fsp3) is 0.0435. The minimum Gasteiger partial charge on any atom is -0.309 e. The van der Waals surface area contributed by atoms with Gasteiger partial charge < -0.3 is 4.90 Å². The van der Waals surface area contributed by atoms with Gasteiger partial charge in [-0.05, 0) is 154 Å². The lowest BCUT2D eigenvalue weighted by Gasteiger charge is -2.32. The van der Waals surface area contributed by atoms with E-state index in [2.05, 4.69) is 263 Å². The zero-order valence-corrected chi connectivity index (χ0v) is 41.2. The average Bonchev–Trinajstić information content (AvgIpc) is 3.70. The molecule has 0 spiro atoms. The highest BCUT2D eigenvalue weighted by Gasteiger charge is 2.49. The molecule has 0 bridgehead atoms. The van der Waals surface area contributed by atoms with E-state index in [0.717, 1.165) is 11.4 Å². The van der Waals surface area contributed by atoms with E-state index in [4.69, 9.17) is 0 Å². The van der Waals surface area contributed by atoms with Crippen molar-refractivity contribution < 1.29 is 0 Å². The molecule has 0 N–H and O–H groups in total. The number of benzene rings is 12. The van der Waals surface area contributed by atoms with Crippen molar-refractivity contribution in [2.24, 2.45) is 0 Å². The summed E-state index contributed by atoms with van der Waals surface area (Å²) in [6.45, 7) is 10.5. The van der Waals surface area contributed by atoms with Crippen LogP contribution in [0.5, 0.6) is 0 Å². The van der Waals surface area contributed by atoms with Crippen LogP contribution in [0.4, 0.5) is 17.1 Å². The first-order chi connectivity index (χ1) is 34.9. The maximum absolute atomic E-state index is 3.96. The van der Waals surface area contributed by atoms with Crippen molar-refractivity contribution in [3.05, 3.63) is 265 Å². The molecule has 0 saturated heterocycles. The van der Waals surface area contributed by atoms with E-state index in [9.17, 15) is 0 Å². The van der Waals surface area contributed by atoms with Crippen LogP contribution in [-0.2, 0) is 0 Å². The largest absolute Gasteiger partial charge is 0.309 e. The van der Waals surface area contributed by atoms with Crippen LogP contribution >= 0.6 is 0 Å². The van der Waals surface area contributed by atoms with Crippen LogP contribution in [0.1, 0.15) is 22.3 Å². The van der Waals surface area contributed by atoms with E-state index >= 15 is 0 Å². The number of fused-ring (bicyclic) bond motifs is 11. The number of hydrogen-bond donors (Lipinski definition) is 0. The van der Waals surface area contributed by atoms with Crippen LogP contribution < -0.4 is 25.6 Å².